The number of hydrogen-bond donors (Lipinski definition) is 2. The molecule has 134 valence electrons. The van der Waals surface area contributed by atoms with Crippen LogP contribution in [-0.2, 0) is 4.74 Å². The molecule has 2 aromatic carbocycles. The molecule has 0 aliphatic carbocycles. The zero-order chi connectivity index (χ0) is 18.4. The van der Waals surface area contributed by atoms with Gasteiger partial charge in [0.05, 0.1) is 6.10 Å². The molecule has 3 rings (SSSR count). The maximum absolute atomic E-state index is 12.2. The Hall–Kier alpha value is -2.92. The third-order valence-corrected chi connectivity index (χ3v) is 4.24. The van der Waals surface area contributed by atoms with E-state index in [0.29, 0.717) is 25.0 Å². The number of pyridine rings is 1. The SMILES string of the molecule is C[C@@H](OCCCNC(=O)c1cc2ccccc2c(=O)[nH]1)c1ccccc1. The Balaban J connectivity index is 1.48. The number of hydrogen-bond acceptors (Lipinski definition) is 3. The highest BCUT2D eigenvalue weighted by atomic mass is 16.5. The van der Waals surface area contributed by atoms with Crippen LogP contribution in [0.4, 0.5) is 0 Å². The number of amides is 1. The van der Waals surface area contributed by atoms with Gasteiger partial charge in [0.15, 0.2) is 0 Å². The van der Waals surface area contributed by atoms with E-state index < -0.39 is 0 Å². The predicted octanol–water partition coefficient (Wildman–Crippen LogP) is 3.43. The van der Waals surface area contributed by atoms with Gasteiger partial charge in [0.1, 0.15) is 5.69 Å². The molecular formula is C21H22N2O3. The summed E-state index contributed by atoms with van der Waals surface area (Å²) in [5.74, 6) is -0.288. The summed E-state index contributed by atoms with van der Waals surface area (Å²) in [5.41, 5.74) is 1.14. The molecule has 1 heterocycles. The van der Waals surface area contributed by atoms with Crippen LogP contribution in [0, 0.1) is 0 Å². The number of fused-ring (bicyclic) bond motifs is 1. The molecule has 5 heteroatoms. The van der Waals surface area contributed by atoms with Crippen molar-refractivity contribution in [1.29, 1.82) is 0 Å². The standard InChI is InChI=1S/C21H22N2O3/c1-15(16-8-3-2-4-9-16)26-13-7-12-22-21(25)19-14-17-10-5-6-11-18(17)20(24)23-19/h2-6,8-11,14-15H,7,12-13H2,1H3,(H,22,25)(H,23,24)/t15-/m1/s1. The summed E-state index contributed by atoms with van der Waals surface area (Å²) < 4.78 is 5.78. The number of benzene rings is 2. The minimum atomic E-state index is -0.288. The van der Waals surface area contributed by atoms with Crippen LogP contribution in [0.15, 0.2) is 65.5 Å². The summed E-state index contributed by atoms with van der Waals surface area (Å²) in [4.78, 5) is 26.9. The summed E-state index contributed by atoms with van der Waals surface area (Å²) in [6, 6.07) is 18.9. The van der Waals surface area contributed by atoms with E-state index in [1.54, 1.807) is 18.2 Å². The third-order valence-electron chi connectivity index (χ3n) is 4.24. The summed E-state index contributed by atoms with van der Waals surface area (Å²) in [6.45, 7) is 3.04. The second-order valence-corrected chi connectivity index (χ2v) is 6.13. The van der Waals surface area contributed by atoms with Crippen molar-refractivity contribution in [3.05, 3.63) is 82.3 Å². The van der Waals surface area contributed by atoms with Crippen molar-refractivity contribution >= 4 is 16.7 Å². The molecule has 0 radical (unpaired) electrons. The van der Waals surface area contributed by atoms with Crippen LogP contribution in [0.1, 0.15) is 35.5 Å². The molecule has 5 nitrogen and oxygen atoms in total. The molecule has 0 fully saturated rings. The van der Waals surface area contributed by atoms with Crippen molar-refractivity contribution < 1.29 is 9.53 Å². The number of aromatic amines is 1. The normalized spacial score (nSPS) is 12.0. The molecule has 1 atom stereocenters. The van der Waals surface area contributed by atoms with E-state index in [2.05, 4.69) is 10.3 Å². The number of aromatic nitrogens is 1. The lowest BCUT2D eigenvalue weighted by Crippen LogP contribution is -2.28. The Morgan fingerprint density at radius 2 is 1.85 bits per heavy atom. The summed E-state index contributed by atoms with van der Waals surface area (Å²) in [5, 5.41) is 4.14. The molecule has 0 aliphatic heterocycles. The molecule has 0 aliphatic rings. The topological polar surface area (TPSA) is 71.2 Å². The smallest absolute Gasteiger partial charge is 0.267 e. The quantitative estimate of drug-likeness (QED) is 0.641. The fourth-order valence-corrected chi connectivity index (χ4v) is 2.78. The second kappa shape index (κ2) is 8.45. The minimum Gasteiger partial charge on any atom is -0.374 e. The van der Waals surface area contributed by atoms with Crippen LogP contribution in [0.5, 0.6) is 0 Å². The van der Waals surface area contributed by atoms with E-state index in [4.69, 9.17) is 4.74 Å². The molecule has 0 spiro atoms. The lowest BCUT2D eigenvalue weighted by Gasteiger charge is -2.13. The number of carbonyl (C=O) groups is 1. The average molecular weight is 350 g/mol. The van der Waals surface area contributed by atoms with Gasteiger partial charge in [-0.1, -0.05) is 48.5 Å². The zero-order valence-corrected chi connectivity index (χ0v) is 14.7. The Labute approximate surface area is 152 Å². The predicted molar refractivity (Wildman–Crippen MR) is 102 cm³/mol. The molecule has 26 heavy (non-hydrogen) atoms. The Morgan fingerprint density at radius 3 is 2.65 bits per heavy atom. The summed E-state index contributed by atoms with van der Waals surface area (Å²) in [7, 11) is 0. The highest BCUT2D eigenvalue weighted by Gasteiger charge is 2.09. The molecule has 0 bridgehead atoms. The van der Waals surface area contributed by atoms with Crippen LogP contribution in [0.25, 0.3) is 10.8 Å². The molecule has 0 saturated heterocycles. The Bertz CT molecular complexity index is 935. The lowest BCUT2D eigenvalue weighted by atomic mass is 10.1. The Morgan fingerprint density at radius 1 is 1.12 bits per heavy atom. The van der Waals surface area contributed by atoms with Crippen molar-refractivity contribution in [2.45, 2.75) is 19.4 Å². The molecule has 1 amide bonds. The van der Waals surface area contributed by atoms with Crippen molar-refractivity contribution in [2.75, 3.05) is 13.2 Å². The van der Waals surface area contributed by atoms with Gasteiger partial charge in [0.25, 0.3) is 11.5 Å². The largest absolute Gasteiger partial charge is 0.374 e. The highest BCUT2D eigenvalue weighted by molar-refractivity contribution is 5.96. The Kier molecular flexibility index (Phi) is 5.81. The number of H-pyrrole nitrogens is 1. The van der Waals surface area contributed by atoms with E-state index in [1.165, 1.54) is 0 Å². The van der Waals surface area contributed by atoms with Crippen molar-refractivity contribution in [1.82, 2.24) is 10.3 Å². The maximum Gasteiger partial charge on any atom is 0.267 e. The number of carbonyl (C=O) groups excluding carboxylic acids is 1. The van der Waals surface area contributed by atoms with Crippen LogP contribution < -0.4 is 10.9 Å². The van der Waals surface area contributed by atoms with Crippen molar-refractivity contribution in [2.24, 2.45) is 0 Å². The summed E-state index contributed by atoms with van der Waals surface area (Å²) >= 11 is 0. The molecule has 1 aromatic heterocycles. The van der Waals surface area contributed by atoms with E-state index in [9.17, 15) is 9.59 Å². The maximum atomic E-state index is 12.2. The number of ether oxygens (including phenoxy) is 1. The number of rotatable bonds is 7. The molecule has 0 saturated carbocycles. The second-order valence-electron chi connectivity index (χ2n) is 6.13. The van der Waals surface area contributed by atoms with Gasteiger partial charge in [-0.3, -0.25) is 9.59 Å². The fraction of sp³-hybridized carbons (Fsp3) is 0.238. The van der Waals surface area contributed by atoms with Crippen molar-refractivity contribution in [3.8, 4) is 0 Å². The first-order valence-corrected chi connectivity index (χ1v) is 8.72. The molecule has 2 N–H and O–H groups in total. The fourth-order valence-electron chi connectivity index (χ4n) is 2.78. The third kappa shape index (κ3) is 4.37. The molecular weight excluding hydrogens is 328 g/mol. The van der Waals surface area contributed by atoms with Gasteiger partial charge in [0, 0.05) is 18.5 Å². The number of nitrogens with one attached hydrogen (secondary N) is 2. The van der Waals surface area contributed by atoms with Gasteiger partial charge in [-0.15, -0.1) is 0 Å². The van der Waals surface area contributed by atoms with Gasteiger partial charge in [0.2, 0.25) is 0 Å². The minimum absolute atomic E-state index is 0.0174. The van der Waals surface area contributed by atoms with Gasteiger partial charge in [-0.25, -0.2) is 0 Å². The van der Waals surface area contributed by atoms with Crippen LogP contribution in [0.3, 0.4) is 0 Å². The zero-order valence-electron chi connectivity index (χ0n) is 14.7. The van der Waals surface area contributed by atoms with Gasteiger partial charge in [-0.2, -0.15) is 0 Å². The highest BCUT2D eigenvalue weighted by Crippen LogP contribution is 2.15. The van der Waals surface area contributed by atoms with E-state index in [-0.39, 0.29) is 23.3 Å². The van der Waals surface area contributed by atoms with Crippen LogP contribution in [-0.4, -0.2) is 24.0 Å². The van der Waals surface area contributed by atoms with Crippen molar-refractivity contribution in [3.63, 3.8) is 0 Å². The first-order valence-electron chi connectivity index (χ1n) is 8.72. The van der Waals surface area contributed by atoms with Crippen LogP contribution in [0.2, 0.25) is 0 Å². The van der Waals surface area contributed by atoms with E-state index >= 15 is 0 Å². The monoisotopic (exact) mass is 350 g/mol. The van der Waals surface area contributed by atoms with Gasteiger partial charge >= 0.3 is 0 Å². The van der Waals surface area contributed by atoms with E-state index in [0.717, 1.165) is 10.9 Å². The lowest BCUT2D eigenvalue weighted by molar-refractivity contribution is 0.0634. The van der Waals surface area contributed by atoms with Gasteiger partial charge < -0.3 is 15.0 Å². The molecule has 3 aromatic rings. The van der Waals surface area contributed by atoms with Gasteiger partial charge in [-0.05, 0) is 36.4 Å². The summed E-state index contributed by atoms with van der Waals surface area (Å²) in [6.07, 6.45) is 0.713. The first kappa shape index (κ1) is 17.9. The van der Waals surface area contributed by atoms with Crippen LogP contribution >= 0.6 is 0 Å². The average Bonchev–Trinajstić information content (AvgIpc) is 2.68. The van der Waals surface area contributed by atoms with E-state index in [1.807, 2.05) is 49.4 Å². The first-order chi connectivity index (χ1) is 12.6. The molecule has 0 unspecified atom stereocenters.